The number of carbonyl (C=O) groups is 1. The topological polar surface area (TPSA) is 54.5 Å². The second-order valence-electron chi connectivity index (χ2n) is 7.04. The molecule has 0 saturated carbocycles. The fourth-order valence-corrected chi connectivity index (χ4v) is 3.53. The fourth-order valence-electron chi connectivity index (χ4n) is 3.53. The van der Waals surface area contributed by atoms with Gasteiger partial charge in [-0.3, -0.25) is 4.79 Å². The van der Waals surface area contributed by atoms with Gasteiger partial charge in [0.2, 0.25) is 0 Å². The Hall–Kier alpha value is -3.22. The third kappa shape index (κ3) is 3.99. The van der Waals surface area contributed by atoms with Crippen molar-refractivity contribution in [3.63, 3.8) is 0 Å². The average Bonchev–Trinajstić information content (AvgIpc) is 2.76. The minimum absolute atomic E-state index is 0.129. The van der Waals surface area contributed by atoms with Crippen LogP contribution in [0.2, 0.25) is 0 Å². The Morgan fingerprint density at radius 2 is 1.83 bits per heavy atom. The van der Waals surface area contributed by atoms with Crippen molar-refractivity contribution in [3.05, 3.63) is 59.8 Å². The molecule has 1 aromatic heterocycles. The van der Waals surface area contributed by atoms with E-state index in [1.165, 1.54) is 6.07 Å². The molecular weight excluding hydrogens is 376 g/mol. The molecule has 1 aliphatic heterocycles. The highest BCUT2D eigenvalue weighted by Crippen LogP contribution is 2.30. The smallest absolute Gasteiger partial charge is 0.272 e. The van der Waals surface area contributed by atoms with Crippen LogP contribution < -0.4 is 10.1 Å². The highest BCUT2D eigenvalue weighted by Gasteiger charge is 2.21. The summed E-state index contributed by atoms with van der Waals surface area (Å²) in [7, 11) is 1.56. The van der Waals surface area contributed by atoms with Gasteiger partial charge in [0.15, 0.2) is 11.6 Å². The second kappa shape index (κ2) is 8.03. The molecule has 0 radical (unpaired) electrons. The predicted molar refractivity (Wildman–Crippen MR) is 108 cm³/mol. The van der Waals surface area contributed by atoms with Crippen LogP contribution in [0.5, 0.6) is 5.75 Å². The molecule has 2 heterocycles. The number of nitrogens with one attached hydrogen (secondary N) is 1. The van der Waals surface area contributed by atoms with E-state index < -0.39 is 11.6 Å². The summed E-state index contributed by atoms with van der Waals surface area (Å²) in [4.78, 5) is 19.3. The maximum atomic E-state index is 13.7. The normalized spacial score (nSPS) is 14.1. The van der Waals surface area contributed by atoms with Crippen molar-refractivity contribution in [2.75, 3.05) is 25.5 Å². The van der Waals surface area contributed by atoms with Gasteiger partial charge in [-0.15, -0.1) is 0 Å². The predicted octanol–water partition coefficient (Wildman–Crippen LogP) is 4.89. The second-order valence-corrected chi connectivity index (χ2v) is 7.04. The Bertz CT molecular complexity index is 1070. The molecule has 1 saturated heterocycles. The number of methoxy groups -OCH3 is 1. The number of fused-ring (bicyclic) bond motifs is 1. The van der Waals surface area contributed by atoms with E-state index in [9.17, 15) is 13.6 Å². The molecule has 1 fully saturated rings. The van der Waals surface area contributed by atoms with E-state index in [1.807, 2.05) is 4.90 Å². The first kappa shape index (κ1) is 19.1. The number of ether oxygens (including phenoxy) is 1. The number of carbonyl (C=O) groups excluding carboxylic acids is 1. The molecule has 150 valence electrons. The Balaban J connectivity index is 1.78. The van der Waals surface area contributed by atoms with Crippen LogP contribution in [0.15, 0.2) is 42.5 Å². The molecule has 7 heteroatoms. The van der Waals surface area contributed by atoms with Crippen molar-refractivity contribution >= 4 is 28.2 Å². The lowest BCUT2D eigenvalue weighted by Crippen LogP contribution is -2.36. The number of halogens is 2. The highest BCUT2D eigenvalue weighted by atomic mass is 19.2. The van der Waals surface area contributed by atoms with Gasteiger partial charge in [-0.2, -0.15) is 0 Å². The summed E-state index contributed by atoms with van der Waals surface area (Å²) in [6.07, 6.45) is 3.09. The van der Waals surface area contributed by atoms with E-state index in [2.05, 4.69) is 10.3 Å². The van der Waals surface area contributed by atoms with Crippen molar-refractivity contribution < 1.29 is 18.3 Å². The van der Waals surface area contributed by atoms with Crippen LogP contribution in [0.4, 0.5) is 20.2 Å². The summed E-state index contributed by atoms with van der Waals surface area (Å²) in [6.45, 7) is 1.43. The van der Waals surface area contributed by atoms with Crippen LogP contribution in [0, 0.1) is 11.6 Å². The zero-order valence-corrected chi connectivity index (χ0v) is 16.0. The van der Waals surface area contributed by atoms with E-state index >= 15 is 0 Å². The first-order valence-electron chi connectivity index (χ1n) is 9.55. The lowest BCUT2D eigenvalue weighted by molar-refractivity contribution is 0.0719. The number of rotatable bonds is 4. The molecule has 29 heavy (non-hydrogen) atoms. The van der Waals surface area contributed by atoms with Gasteiger partial charge >= 0.3 is 0 Å². The number of hydrogen-bond donors (Lipinski definition) is 1. The number of amides is 1. The number of anilines is 2. The van der Waals surface area contributed by atoms with Gasteiger partial charge in [0, 0.05) is 30.2 Å². The number of pyridine rings is 1. The van der Waals surface area contributed by atoms with Gasteiger partial charge in [-0.05, 0) is 55.7 Å². The molecule has 0 aliphatic carbocycles. The highest BCUT2D eigenvalue weighted by molar-refractivity contribution is 6.01. The lowest BCUT2D eigenvalue weighted by Gasteiger charge is -2.26. The average molecular weight is 397 g/mol. The maximum absolute atomic E-state index is 13.7. The van der Waals surface area contributed by atoms with Crippen molar-refractivity contribution in [1.29, 1.82) is 0 Å². The Labute approximate surface area is 167 Å². The van der Waals surface area contributed by atoms with E-state index in [4.69, 9.17) is 4.74 Å². The van der Waals surface area contributed by atoms with E-state index in [-0.39, 0.29) is 5.91 Å². The fraction of sp³-hybridized carbons (Fsp3) is 0.273. The summed E-state index contributed by atoms with van der Waals surface area (Å²) in [5, 5.41) is 3.80. The molecule has 1 N–H and O–H groups in total. The zero-order valence-electron chi connectivity index (χ0n) is 16.0. The van der Waals surface area contributed by atoms with Gasteiger partial charge in [0.25, 0.3) is 5.91 Å². The number of piperidine rings is 1. The summed E-state index contributed by atoms with van der Waals surface area (Å²) >= 11 is 0. The monoisotopic (exact) mass is 397 g/mol. The quantitative estimate of drug-likeness (QED) is 0.681. The molecule has 5 nitrogen and oxygen atoms in total. The van der Waals surface area contributed by atoms with Crippen molar-refractivity contribution in [1.82, 2.24) is 9.88 Å². The number of aromatic nitrogens is 1. The molecule has 1 amide bonds. The summed E-state index contributed by atoms with van der Waals surface area (Å²) in [5.74, 6) is -1.37. The van der Waals surface area contributed by atoms with Crippen LogP contribution in [0.3, 0.4) is 0 Å². The number of hydrogen-bond acceptors (Lipinski definition) is 4. The molecule has 3 aromatic rings. The third-order valence-corrected chi connectivity index (χ3v) is 5.08. The van der Waals surface area contributed by atoms with Crippen LogP contribution >= 0.6 is 0 Å². The summed E-state index contributed by atoms with van der Waals surface area (Å²) in [6, 6.07) is 10.6. The molecule has 0 atom stereocenters. The first-order chi connectivity index (χ1) is 14.0. The van der Waals surface area contributed by atoms with Crippen LogP contribution in [-0.2, 0) is 0 Å². The number of benzene rings is 2. The third-order valence-electron chi connectivity index (χ3n) is 5.08. The van der Waals surface area contributed by atoms with Crippen molar-refractivity contribution in [2.24, 2.45) is 0 Å². The van der Waals surface area contributed by atoms with Gasteiger partial charge in [-0.25, -0.2) is 13.8 Å². The van der Waals surface area contributed by atoms with Crippen molar-refractivity contribution in [3.8, 4) is 5.75 Å². The van der Waals surface area contributed by atoms with Gasteiger partial charge in [0.1, 0.15) is 11.4 Å². The largest absolute Gasteiger partial charge is 0.497 e. The van der Waals surface area contributed by atoms with E-state index in [1.54, 1.807) is 31.4 Å². The number of nitrogens with zero attached hydrogens (tertiary/aromatic N) is 2. The molecule has 0 bridgehead atoms. The van der Waals surface area contributed by atoms with Crippen LogP contribution in [0.25, 0.3) is 10.9 Å². The molecule has 2 aromatic carbocycles. The Morgan fingerprint density at radius 1 is 1.03 bits per heavy atom. The first-order valence-corrected chi connectivity index (χ1v) is 9.55. The SMILES string of the molecule is COc1ccc2nc(C(=O)N3CCCCC3)cc(Nc3ccc(F)c(F)c3)c2c1. The van der Waals surface area contributed by atoms with E-state index in [0.29, 0.717) is 46.8 Å². The Morgan fingerprint density at radius 3 is 2.55 bits per heavy atom. The summed E-state index contributed by atoms with van der Waals surface area (Å²) < 4.78 is 32.2. The van der Waals surface area contributed by atoms with Crippen LogP contribution in [-0.4, -0.2) is 36.0 Å². The minimum Gasteiger partial charge on any atom is -0.497 e. The van der Waals surface area contributed by atoms with E-state index in [0.717, 1.165) is 31.4 Å². The zero-order chi connectivity index (χ0) is 20.4. The van der Waals surface area contributed by atoms with Gasteiger partial charge < -0.3 is 15.0 Å². The molecular formula is C22H21F2N3O2. The summed E-state index contributed by atoms with van der Waals surface area (Å²) in [5.41, 5.74) is 1.87. The maximum Gasteiger partial charge on any atom is 0.272 e. The van der Waals surface area contributed by atoms with Crippen molar-refractivity contribution in [2.45, 2.75) is 19.3 Å². The molecule has 4 rings (SSSR count). The minimum atomic E-state index is -0.949. The lowest BCUT2D eigenvalue weighted by atomic mass is 10.1. The molecule has 1 aliphatic rings. The Kier molecular flexibility index (Phi) is 5.29. The van der Waals surface area contributed by atoms with Crippen LogP contribution in [0.1, 0.15) is 29.8 Å². The molecule has 0 spiro atoms. The number of likely N-dealkylation sites (tertiary alicyclic amines) is 1. The standard InChI is InChI=1S/C22H21F2N3O2/c1-29-15-6-8-19-16(12-15)20(25-14-5-7-17(23)18(24)11-14)13-21(26-19)22(28)27-9-3-2-4-10-27/h5-8,11-13H,2-4,9-10H2,1H3,(H,25,26). The molecule has 0 unspecified atom stereocenters. The van der Waals surface area contributed by atoms with Gasteiger partial charge in [0.05, 0.1) is 18.3 Å². The van der Waals surface area contributed by atoms with Gasteiger partial charge in [-0.1, -0.05) is 0 Å².